The van der Waals surface area contributed by atoms with Gasteiger partial charge in [-0.1, -0.05) is 0 Å². The number of anilines is 1. The normalized spacial score (nSPS) is 11.2. The minimum Gasteiger partial charge on any atom is -0.344 e. The summed E-state index contributed by atoms with van der Waals surface area (Å²) in [7, 11) is 4.14. The second-order valence-electron chi connectivity index (χ2n) is 5.66. The summed E-state index contributed by atoms with van der Waals surface area (Å²) in [5, 5.41) is 15.4. The maximum Gasteiger partial charge on any atom is 0.434 e. The van der Waals surface area contributed by atoms with E-state index in [0.717, 1.165) is 18.4 Å². The lowest BCUT2D eigenvalue weighted by Gasteiger charge is -2.08. The van der Waals surface area contributed by atoms with E-state index in [-0.39, 0.29) is 21.3 Å². The molecule has 7 nitrogen and oxygen atoms in total. The molecule has 0 saturated heterocycles. The highest BCUT2D eigenvalue weighted by molar-refractivity contribution is 9.10. The molecule has 0 aliphatic carbocycles. The second-order valence-corrected chi connectivity index (χ2v) is 7.47. The average Bonchev–Trinajstić information content (AvgIpc) is 3.02. The van der Waals surface area contributed by atoms with Gasteiger partial charge in [-0.25, -0.2) is 0 Å². The molecule has 0 fully saturated rings. The Kier molecular flexibility index (Phi) is 5.67. The van der Waals surface area contributed by atoms with Crippen molar-refractivity contribution in [2.75, 3.05) is 19.4 Å². The second kappa shape index (κ2) is 7.32. The predicted molar refractivity (Wildman–Crippen MR) is 95.7 cm³/mol. The van der Waals surface area contributed by atoms with E-state index >= 15 is 0 Å². The summed E-state index contributed by atoms with van der Waals surface area (Å²) < 4.78 is 39.2. The van der Waals surface area contributed by atoms with Gasteiger partial charge < -0.3 is 10.2 Å². The number of aryl methyl sites for hydroxylation is 1. The molecule has 2 amide bonds. The third-order valence-corrected chi connectivity index (χ3v) is 5.51. The fourth-order valence-electron chi connectivity index (χ4n) is 2.26. The molecule has 2 aromatic rings. The number of carbonyl (C=O) groups excluding carboxylic acids is 2. The fraction of sp³-hybridized carbons (Fsp3) is 0.333. The van der Waals surface area contributed by atoms with E-state index in [1.807, 2.05) is 6.07 Å². The monoisotopic (exact) mass is 463 g/mol. The number of thiophene rings is 1. The molecule has 0 aliphatic rings. The van der Waals surface area contributed by atoms with Crippen LogP contribution in [0.4, 0.5) is 18.2 Å². The van der Waals surface area contributed by atoms with Crippen molar-refractivity contribution in [3.05, 3.63) is 31.9 Å². The Labute approximate surface area is 164 Å². The van der Waals surface area contributed by atoms with Crippen LogP contribution in [0.5, 0.6) is 0 Å². The zero-order valence-electron chi connectivity index (χ0n) is 14.5. The summed E-state index contributed by atoms with van der Waals surface area (Å²) >= 11 is 3.64. The number of nitrogens with one attached hydrogen (secondary N) is 1. The topological polar surface area (TPSA) is 91.0 Å². The van der Waals surface area contributed by atoms with Gasteiger partial charge in [-0.2, -0.15) is 23.5 Å². The van der Waals surface area contributed by atoms with Crippen LogP contribution in [-0.2, 0) is 13.2 Å². The van der Waals surface area contributed by atoms with Crippen LogP contribution in [0, 0.1) is 18.3 Å². The van der Waals surface area contributed by atoms with Crippen LogP contribution < -0.4 is 5.32 Å². The van der Waals surface area contributed by atoms with Gasteiger partial charge in [0.25, 0.3) is 11.8 Å². The van der Waals surface area contributed by atoms with E-state index in [1.54, 1.807) is 6.92 Å². The molecule has 144 valence electrons. The van der Waals surface area contributed by atoms with Gasteiger partial charge in [-0.3, -0.25) is 14.3 Å². The average molecular weight is 464 g/mol. The lowest BCUT2D eigenvalue weighted by molar-refractivity contribution is -0.144. The summed E-state index contributed by atoms with van der Waals surface area (Å²) in [4.78, 5) is 26.2. The van der Waals surface area contributed by atoms with Gasteiger partial charge in [0.1, 0.15) is 11.1 Å². The molecule has 12 heteroatoms. The molecule has 0 saturated carbocycles. The molecular weight excluding hydrogens is 451 g/mol. The van der Waals surface area contributed by atoms with Crippen molar-refractivity contribution in [2.45, 2.75) is 13.1 Å². The number of nitrogens with zero attached hydrogens (tertiary/aromatic N) is 4. The lowest BCUT2D eigenvalue weighted by Crippen LogP contribution is -2.21. The Morgan fingerprint density at radius 3 is 2.41 bits per heavy atom. The zero-order chi connectivity index (χ0) is 20.7. The number of rotatable bonds is 3. The Morgan fingerprint density at radius 2 is 1.96 bits per heavy atom. The van der Waals surface area contributed by atoms with Crippen molar-refractivity contribution >= 4 is 44.1 Å². The SMILES string of the molecule is Cc1c(C(=O)N(C)C)sc(NC(=O)c2nn(C)c(C(F)(F)F)c2Br)c1C#N. The summed E-state index contributed by atoms with van der Waals surface area (Å²) in [6.07, 6.45) is -4.71. The van der Waals surface area contributed by atoms with Crippen LogP contribution in [0.3, 0.4) is 0 Å². The van der Waals surface area contributed by atoms with Crippen LogP contribution in [-0.4, -0.2) is 40.6 Å². The standard InChI is InChI=1S/C15H13BrF3N5O2S/c1-6-7(5-20)13(27-10(6)14(26)23(2)3)21-12(25)9-8(16)11(15(17,18)19)24(4)22-9/h1-4H3,(H,21,25). The van der Waals surface area contributed by atoms with Gasteiger partial charge in [-0.15, -0.1) is 11.3 Å². The third-order valence-electron chi connectivity index (χ3n) is 3.56. The van der Waals surface area contributed by atoms with Crippen molar-refractivity contribution in [2.24, 2.45) is 7.05 Å². The van der Waals surface area contributed by atoms with Gasteiger partial charge in [0.2, 0.25) is 0 Å². The first-order valence-electron chi connectivity index (χ1n) is 7.26. The largest absolute Gasteiger partial charge is 0.434 e. The maximum absolute atomic E-state index is 13.0. The van der Waals surface area contributed by atoms with E-state index < -0.39 is 27.9 Å². The first kappa shape index (κ1) is 20.9. The van der Waals surface area contributed by atoms with Gasteiger partial charge in [0.05, 0.1) is 14.9 Å². The quantitative estimate of drug-likeness (QED) is 0.754. The van der Waals surface area contributed by atoms with E-state index in [0.29, 0.717) is 10.2 Å². The molecule has 0 atom stereocenters. The van der Waals surface area contributed by atoms with E-state index in [9.17, 15) is 28.0 Å². The maximum atomic E-state index is 13.0. The highest BCUT2D eigenvalue weighted by Crippen LogP contribution is 2.37. The number of aromatic nitrogens is 2. The minimum absolute atomic E-state index is 0.0660. The number of nitriles is 1. The van der Waals surface area contributed by atoms with Crippen molar-refractivity contribution < 1.29 is 22.8 Å². The summed E-state index contributed by atoms with van der Waals surface area (Å²) in [5.41, 5.74) is -1.14. The number of amides is 2. The predicted octanol–water partition coefficient (Wildman–Crippen LogP) is 3.40. The molecule has 0 unspecified atom stereocenters. The lowest BCUT2D eigenvalue weighted by atomic mass is 10.1. The van der Waals surface area contributed by atoms with E-state index in [4.69, 9.17) is 0 Å². The first-order chi connectivity index (χ1) is 12.4. The zero-order valence-corrected chi connectivity index (χ0v) is 16.9. The van der Waals surface area contributed by atoms with Crippen LogP contribution in [0.2, 0.25) is 0 Å². The number of hydrogen-bond donors (Lipinski definition) is 1. The Morgan fingerprint density at radius 1 is 1.37 bits per heavy atom. The number of carbonyl (C=O) groups is 2. The molecule has 0 bridgehead atoms. The highest BCUT2D eigenvalue weighted by atomic mass is 79.9. The molecule has 2 aromatic heterocycles. The molecule has 0 aromatic carbocycles. The Balaban J connectivity index is 2.44. The smallest absolute Gasteiger partial charge is 0.344 e. The van der Waals surface area contributed by atoms with Crippen LogP contribution >= 0.6 is 27.3 Å². The molecule has 0 radical (unpaired) electrons. The molecular formula is C15H13BrF3N5O2S. The minimum atomic E-state index is -4.71. The molecule has 1 N–H and O–H groups in total. The third kappa shape index (κ3) is 3.84. The highest BCUT2D eigenvalue weighted by Gasteiger charge is 2.39. The van der Waals surface area contributed by atoms with Crippen molar-refractivity contribution in [3.8, 4) is 6.07 Å². The number of halogens is 4. The van der Waals surface area contributed by atoms with Crippen molar-refractivity contribution in [1.82, 2.24) is 14.7 Å². The first-order valence-corrected chi connectivity index (χ1v) is 8.87. The van der Waals surface area contributed by atoms with Crippen LogP contribution in [0.25, 0.3) is 0 Å². The summed E-state index contributed by atoms with van der Waals surface area (Å²) in [6.45, 7) is 1.56. The van der Waals surface area contributed by atoms with Gasteiger partial charge in [-0.05, 0) is 28.4 Å². The van der Waals surface area contributed by atoms with Gasteiger partial charge >= 0.3 is 6.18 Å². The number of alkyl halides is 3. The number of hydrogen-bond acceptors (Lipinski definition) is 5. The Bertz CT molecular complexity index is 972. The van der Waals surface area contributed by atoms with Gasteiger partial charge in [0, 0.05) is 21.1 Å². The van der Waals surface area contributed by atoms with E-state index in [2.05, 4.69) is 26.3 Å². The summed E-state index contributed by atoms with van der Waals surface area (Å²) in [6, 6.07) is 1.90. The molecule has 2 rings (SSSR count). The molecule has 0 spiro atoms. The summed E-state index contributed by atoms with van der Waals surface area (Å²) in [5.74, 6) is -1.29. The molecule has 27 heavy (non-hydrogen) atoms. The Hall–Kier alpha value is -2.39. The van der Waals surface area contributed by atoms with Gasteiger partial charge in [0.15, 0.2) is 11.4 Å². The van der Waals surface area contributed by atoms with Crippen LogP contribution in [0.1, 0.15) is 37.0 Å². The van der Waals surface area contributed by atoms with Crippen LogP contribution in [0.15, 0.2) is 4.47 Å². The molecule has 0 aliphatic heterocycles. The van der Waals surface area contributed by atoms with Crippen molar-refractivity contribution in [1.29, 1.82) is 5.26 Å². The van der Waals surface area contributed by atoms with Crippen molar-refractivity contribution in [3.63, 3.8) is 0 Å². The van der Waals surface area contributed by atoms with E-state index in [1.165, 1.54) is 19.0 Å². The molecule has 2 heterocycles. The fourth-order valence-corrected chi connectivity index (χ4v) is 4.17.